The van der Waals surface area contributed by atoms with Gasteiger partial charge in [0.1, 0.15) is 5.75 Å². The van der Waals surface area contributed by atoms with Crippen LogP contribution < -0.4 is 16.0 Å². The molecule has 2 atom stereocenters. The largest absolute Gasteiger partial charge is 0.496 e. The number of hydrogen-bond donors (Lipinski definition) is 2. The van der Waals surface area contributed by atoms with E-state index in [9.17, 15) is 0 Å². The number of nitrogens with two attached hydrogens (primary N) is 1. The Morgan fingerprint density at radius 2 is 2.00 bits per heavy atom. The molecule has 0 bridgehead atoms. The fourth-order valence-corrected chi connectivity index (χ4v) is 3.66. The zero-order valence-electron chi connectivity index (χ0n) is 13.8. The maximum atomic E-state index is 6.20. The van der Waals surface area contributed by atoms with Crippen molar-refractivity contribution in [3.63, 3.8) is 0 Å². The molecule has 0 saturated carbocycles. The van der Waals surface area contributed by atoms with Gasteiger partial charge in [-0.25, -0.2) is 0 Å². The number of methoxy groups -OCH3 is 1. The number of hydrazine groups is 1. The Bertz CT molecular complexity index is 485. The Balaban J connectivity index is 2.20. The molecule has 2 unspecified atom stereocenters. The van der Waals surface area contributed by atoms with Crippen LogP contribution in [0, 0.1) is 5.92 Å². The van der Waals surface area contributed by atoms with Gasteiger partial charge in [-0.05, 0) is 52.2 Å². The van der Waals surface area contributed by atoms with Crippen molar-refractivity contribution in [2.45, 2.75) is 57.8 Å². The molecule has 1 fully saturated rings. The number of rotatable bonds is 5. The maximum absolute atomic E-state index is 6.20. The van der Waals surface area contributed by atoms with Crippen molar-refractivity contribution in [1.29, 1.82) is 0 Å². The van der Waals surface area contributed by atoms with Crippen molar-refractivity contribution in [2.75, 3.05) is 7.11 Å². The number of benzene rings is 1. The van der Waals surface area contributed by atoms with Crippen LogP contribution in [0.15, 0.2) is 24.3 Å². The van der Waals surface area contributed by atoms with E-state index in [1.54, 1.807) is 7.11 Å². The first-order valence-electron chi connectivity index (χ1n) is 7.57. The minimum atomic E-state index is -0.192. The monoisotopic (exact) mass is 292 g/mol. The lowest BCUT2D eigenvalue weighted by molar-refractivity contribution is -0.0776. The summed E-state index contributed by atoms with van der Waals surface area (Å²) in [6.07, 6.45) is 1.82. The average molecular weight is 292 g/mol. The highest BCUT2D eigenvalue weighted by Gasteiger charge is 2.48. The first-order chi connectivity index (χ1) is 9.79. The predicted octanol–water partition coefficient (Wildman–Crippen LogP) is 2.66. The molecule has 4 heteroatoms. The summed E-state index contributed by atoms with van der Waals surface area (Å²) in [5.41, 5.74) is 3.87. The van der Waals surface area contributed by atoms with E-state index < -0.39 is 0 Å². The molecule has 118 valence electrons. The van der Waals surface area contributed by atoms with Crippen LogP contribution in [0.3, 0.4) is 0 Å². The van der Waals surface area contributed by atoms with Crippen LogP contribution >= 0.6 is 0 Å². The van der Waals surface area contributed by atoms with E-state index in [4.69, 9.17) is 15.3 Å². The number of ether oxygens (including phenoxy) is 2. The van der Waals surface area contributed by atoms with Crippen molar-refractivity contribution < 1.29 is 9.47 Å². The minimum absolute atomic E-state index is 0.107. The lowest BCUT2D eigenvalue weighted by Gasteiger charge is -2.33. The Morgan fingerprint density at radius 3 is 2.52 bits per heavy atom. The molecule has 1 aromatic carbocycles. The van der Waals surface area contributed by atoms with E-state index in [-0.39, 0.29) is 17.2 Å². The topological polar surface area (TPSA) is 56.5 Å². The summed E-state index contributed by atoms with van der Waals surface area (Å²) in [5.74, 6) is 7.12. The van der Waals surface area contributed by atoms with Crippen LogP contribution in [-0.4, -0.2) is 24.4 Å². The summed E-state index contributed by atoms with van der Waals surface area (Å²) in [5, 5.41) is 0. The van der Waals surface area contributed by atoms with Gasteiger partial charge in [0.25, 0.3) is 0 Å². The van der Waals surface area contributed by atoms with Crippen molar-refractivity contribution in [3.8, 4) is 5.75 Å². The second-order valence-electron chi connectivity index (χ2n) is 7.06. The van der Waals surface area contributed by atoms with E-state index in [0.717, 1.165) is 18.6 Å². The van der Waals surface area contributed by atoms with Gasteiger partial charge in [0.2, 0.25) is 0 Å². The Labute approximate surface area is 128 Å². The summed E-state index contributed by atoms with van der Waals surface area (Å²) in [6.45, 7) is 8.59. The predicted molar refractivity (Wildman–Crippen MR) is 85.2 cm³/mol. The quantitative estimate of drug-likeness (QED) is 0.647. The number of para-hydroxylation sites is 1. The van der Waals surface area contributed by atoms with Gasteiger partial charge < -0.3 is 9.47 Å². The standard InChI is InChI=1S/C17H28N2O2/c1-16(2)11-13(17(3,4)21-16)14(19-18)10-12-8-6-7-9-15(12)20-5/h6-9,13-14,19H,10-11,18H2,1-5H3. The van der Waals surface area contributed by atoms with E-state index in [1.807, 2.05) is 18.2 Å². The average Bonchev–Trinajstić information content (AvgIpc) is 2.64. The van der Waals surface area contributed by atoms with Gasteiger partial charge in [-0.2, -0.15) is 0 Å². The summed E-state index contributed by atoms with van der Waals surface area (Å²) in [6, 6.07) is 8.25. The van der Waals surface area contributed by atoms with Gasteiger partial charge >= 0.3 is 0 Å². The van der Waals surface area contributed by atoms with Crippen molar-refractivity contribution >= 4 is 0 Å². The molecule has 0 aromatic heterocycles. The maximum Gasteiger partial charge on any atom is 0.122 e. The van der Waals surface area contributed by atoms with Crippen LogP contribution in [0.1, 0.15) is 39.7 Å². The van der Waals surface area contributed by atoms with E-state index in [2.05, 4.69) is 39.2 Å². The van der Waals surface area contributed by atoms with Crippen molar-refractivity contribution in [2.24, 2.45) is 11.8 Å². The molecule has 3 N–H and O–H groups in total. The zero-order valence-corrected chi connectivity index (χ0v) is 13.8. The molecular formula is C17H28N2O2. The van der Waals surface area contributed by atoms with Gasteiger partial charge in [0.15, 0.2) is 0 Å². The molecule has 1 aliphatic heterocycles. The molecule has 1 aliphatic rings. The molecule has 0 radical (unpaired) electrons. The fraction of sp³-hybridized carbons (Fsp3) is 0.647. The number of nitrogens with one attached hydrogen (secondary N) is 1. The van der Waals surface area contributed by atoms with Crippen LogP contribution in [0.25, 0.3) is 0 Å². The van der Waals surface area contributed by atoms with Crippen LogP contribution in [-0.2, 0) is 11.2 Å². The Morgan fingerprint density at radius 1 is 1.33 bits per heavy atom. The molecule has 0 spiro atoms. The van der Waals surface area contributed by atoms with E-state index >= 15 is 0 Å². The van der Waals surface area contributed by atoms with Crippen LogP contribution in [0.5, 0.6) is 5.75 Å². The molecule has 2 rings (SSSR count). The zero-order chi connectivity index (χ0) is 15.7. The fourth-order valence-electron chi connectivity index (χ4n) is 3.66. The number of hydrogen-bond acceptors (Lipinski definition) is 4. The van der Waals surface area contributed by atoms with Crippen molar-refractivity contribution in [3.05, 3.63) is 29.8 Å². The lowest BCUT2D eigenvalue weighted by Crippen LogP contribution is -2.48. The third-order valence-electron chi connectivity index (χ3n) is 4.48. The summed E-state index contributed by atoms with van der Waals surface area (Å²) in [4.78, 5) is 0. The summed E-state index contributed by atoms with van der Waals surface area (Å²) >= 11 is 0. The Hall–Kier alpha value is -1.10. The van der Waals surface area contributed by atoms with Crippen LogP contribution in [0.4, 0.5) is 0 Å². The molecule has 21 heavy (non-hydrogen) atoms. The highest BCUT2D eigenvalue weighted by molar-refractivity contribution is 5.34. The van der Waals surface area contributed by atoms with Gasteiger partial charge in [-0.15, -0.1) is 0 Å². The minimum Gasteiger partial charge on any atom is -0.496 e. The lowest BCUT2D eigenvalue weighted by atomic mass is 9.79. The highest BCUT2D eigenvalue weighted by atomic mass is 16.5. The molecule has 0 aliphatic carbocycles. The first kappa shape index (κ1) is 16.3. The Kier molecular flexibility index (Phi) is 4.61. The third-order valence-corrected chi connectivity index (χ3v) is 4.48. The second-order valence-corrected chi connectivity index (χ2v) is 7.06. The van der Waals surface area contributed by atoms with E-state index in [0.29, 0.717) is 5.92 Å². The molecule has 1 saturated heterocycles. The van der Waals surface area contributed by atoms with Crippen LogP contribution in [0.2, 0.25) is 0 Å². The molecule has 4 nitrogen and oxygen atoms in total. The molecular weight excluding hydrogens is 264 g/mol. The summed E-state index contributed by atoms with van der Waals surface area (Å²) < 4.78 is 11.6. The normalized spacial score (nSPS) is 24.8. The smallest absolute Gasteiger partial charge is 0.122 e. The first-order valence-corrected chi connectivity index (χ1v) is 7.57. The SMILES string of the molecule is COc1ccccc1CC(NN)C1CC(C)(C)OC1(C)C. The third kappa shape index (κ3) is 3.57. The second kappa shape index (κ2) is 5.95. The van der Waals surface area contributed by atoms with Gasteiger partial charge in [0, 0.05) is 12.0 Å². The summed E-state index contributed by atoms with van der Waals surface area (Å²) in [7, 11) is 1.70. The molecule has 1 heterocycles. The van der Waals surface area contributed by atoms with Gasteiger partial charge in [0.05, 0.1) is 18.3 Å². The molecule has 1 aromatic rings. The highest BCUT2D eigenvalue weighted by Crippen LogP contribution is 2.44. The van der Waals surface area contributed by atoms with E-state index in [1.165, 1.54) is 5.56 Å². The molecule has 0 amide bonds. The van der Waals surface area contributed by atoms with Crippen molar-refractivity contribution in [1.82, 2.24) is 5.43 Å². The van der Waals surface area contributed by atoms with Gasteiger partial charge in [-0.1, -0.05) is 18.2 Å². The van der Waals surface area contributed by atoms with Gasteiger partial charge in [-0.3, -0.25) is 11.3 Å².